The number of ether oxygens (including phenoxy) is 1. The highest BCUT2D eigenvalue weighted by Crippen LogP contribution is 2.60. The summed E-state index contributed by atoms with van der Waals surface area (Å²) in [4.78, 5) is 0. The van der Waals surface area contributed by atoms with Crippen LogP contribution in [0.3, 0.4) is 0 Å². The van der Waals surface area contributed by atoms with E-state index in [1.165, 1.54) is 87.6 Å². The maximum atomic E-state index is 7.54. The van der Waals surface area contributed by atoms with Crippen LogP contribution in [0.2, 0.25) is 0 Å². The van der Waals surface area contributed by atoms with Crippen LogP contribution in [0, 0.1) is 0 Å². The summed E-state index contributed by atoms with van der Waals surface area (Å²) in [7, 11) is 0. The van der Waals surface area contributed by atoms with Crippen LogP contribution in [-0.2, 0) is 18.3 Å². The lowest BCUT2D eigenvalue weighted by molar-refractivity contribution is 0.399. The molecule has 0 unspecified atom stereocenters. The molecule has 0 bridgehead atoms. The van der Waals surface area contributed by atoms with Gasteiger partial charge in [0.1, 0.15) is 11.5 Å². The third kappa shape index (κ3) is 5.47. The third-order valence-electron chi connectivity index (χ3n) is 13.0. The molecule has 60 heavy (non-hydrogen) atoms. The zero-order valence-electron chi connectivity index (χ0n) is 33.1. The maximum Gasteiger partial charge on any atom is 0.140 e. The van der Waals surface area contributed by atoms with E-state index in [9.17, 15) is 0 Å². The Bertz CT molecular complexity index is 3310. The molecule has 1 heteroatoms. The fourth-order valence-corrected chi connectivity index (χ4v) is 10.3. The molecule has 0 aromatic heterocycles. The second-order valence-electron chi connectivity index (χ2n) is 16.5. The van der Waals surface area contributed by atoms with Crippen molar-refractivity contribution in [1.29, 1.82) is 0 Å². The van der Waals surface area contributed by atoms with Gasteiger partial charge in [0.05, 0.1) is 0 Å². The van der Waals surface area contributed by atoms with Crippen LogP contribution < -0.4 is 4.74 Å². The lowest BCUT2D eigenvalue weighted by Gasteiger charge is -2.43. The Morgan fingerprint density at radius 1 is 0.283 bits per heavy atom. The lowest BCUT2D eigenvalue weighted by Crippen LogP contribution is -2.37. The van der Waals surface area contributed by atoms with Crippen LogP contribution in [0.25, 0.3) is 76.1 Å². The van der Waals surface area contributed by atoms with Gasteiger partial charge >= 0.3 is 0 Å². The first kappa shape index (κ1) is 34.6. The molecule has 0 fully saturated rings. The second-order valence-corrected chi connectivity index (χ2v) is 16.5. The molecule has 1 aliphatic rings. The van der Waals surface area contributed by atoms with E-state index in [1.807, 2.05) is 0 Å². The molecule has 11 aromatic carbocycles. The maximum absolute atomic E-state index is 7.54. The average Bonchev–Trinajstić information content (AvgIpc) is 3.32. The topological polar surface area (TPSA) is 9.23 Å². The zero-order valence-corrected chi connectivity index (χ0v) is 33.1. The van der Waals surface area contributed by atoms with E-state index in [0.29, 0.717) is 0 Å². The minimum Gasteiger partial charge on any atom is -0.455 e. The summed E-state index contributed by atoms with van der Waals surface area (Å²) >= 11 is 0. The summed E-state index contributed by atoms with van der Waals surface area (Å²) in [6.45, 7) is 0. The Balaban J connectivity index is 1.15. The van der Waals surface area contributed by atoms with Crippen LogP contribution in [0.15, 0.2) is 218 Å². The van der Waals surface area contributed by atoms with Gasteiger partial charge < -0.3 is 4.74 Å². The van der Waals surface area contributed by atoms with E-state index in [2.05, 4.69) is 218 Å². The molecule has 0 saturated heterocycles. The van der Waals surface area contributed by atoms with Crippen LogP contribution in [0.4, 0.5) is 0 Å². The van der Waals surface area contributed by atoms with Gasteiger partial charge in [0, 0.05) is 27.3 Å². The molecule has 12 rings (SSSR count). The number of benzene rings is 11. The van der Waals surface area contributed by atoms with E-state index in [1.54, 1.807) is 0 Å². The molecular weight excluding hydrogens is 725 g/mol. The number of rotatable bonds is 6. The summed E-state index contributed by atoms with van der Waals surface area (Å²) in [5.41, 5.74) is 9.45. The smallest absolute Gasteiger partial charge is 0.140 e. The van der Waals surface area contributed by atoms with E-state index in [-0.39, 0.29) is 0 Å². The summed E-state index contributed by atoms with van der Waals surface area (Å²) in [6, 6.07) is 80.4. The van der Waals surface area contributed by atoms with Crippen molar-refractivity contribution in [2.75, 3.05) is 0 Å². The van der Waals surface area contributed by atoms with E-state index < -0.39 is 5.41 Å². The predicted octanol–water partition coefficient (Wildman–Crippen LogP) is 15.7. The quantitative estimate of drug-likeness (QED) is 0.153. The van der Waals surface area contributed by atoms with E-state index >= 15 is 0 Å². The fourth-order valence-electron chi connectivity index (χ4n) is 10.3. The van der Waals surface area contributed by atoms with Crippen LogP contribution in [-0.4, -0.2) is 0 Å². The van der Waals surface area contributed by atoms with Gasteiger partial charge in [0.2, 0.25) is 0 Å². The van der Waals surface area contributed by atoms with Crippen molar-refractivity contribution in [1.82, 2.24) is 0 Å². The molecule has 1 nitrogen and oxygen atoms in total. The Morgan fingerprint density at radius 2 is 0.650 bits per heavy atom. The average molecular weight is 765 g/mol. The van der Waals surface area contributed by atoms with Crippen molar-refractivity contribution in [3.63, 3.8) is 0 Å². The van der Waals surface area contributed by atoms with E-state index in [0.717, 1.165) is 35.1 Å². The Morgan fingerprint density at radius 3 is 1.17 bits per heavy atom. The summed E-state index contributed by atoms with van der Waals surface area (Å²) in [5.74, 6) is 1.93. The van der Waals surface area contributed by atoms with Crippen molar-refractivity contribution in [3.05, 3.63) is 241 Å². The van der Waals surface area contributed by atoms with Crippen molar-refractivity contribution < 1.29 is 4.74 Å². The molecule has 282 valence electrons. The Hall–Kier alpha value is -7.48. The first-order valence-electron chi connectivity index (χ1n) is 21.0. The molecule has 0 atom stereocenters. The molecule has 1 heterocycles. The first-order chi connectivity index (χ1) is 29.7. The molecule has 0 saturated carbocycles. The number of fused-ring (bicyclic) bond motifs is 13. The van der Waals surface area contributed by atoms with E-state index in [4.69, 9.17) is 4.74 Å². The van der Waals surface area contributed by atoms with Crippen LogP contribution in [0.5, 0.6) is 11.5 Å². The van der Waals surface area contributed by atoms with Gasteiger partial charge in [0.25, 0.3) is 0 Å². The van der Waals surface area contributed by atoms with Gasteiger partial charge in [-0.1, -0.05) is 212 Å². The normalized spacial score (nSPS) is 13.1. The Labute approximate surface area is 349 Å². The van der Waals surface area contributed by atoms with Crippen molar-refractivity contribution in [3.8, 4) is 33.8 Å². The van der Waals surface area contributed by atoms with Gasteiger partial charge in [-0.2, -0.15) is 0 Å². The molecule has 0 aliphatic carbocycles. The monoisotopic (exact) mass is 764 g/mol. The third-order valence-corrected chi connectivity index (χ3v) is 13.0. The molecule has 0 amide bonds. The van der Waals surface area contributed by atoms with Crippen LogP contribution >= 0.6 is 0 Å². The highest BCUT2D eigenvalue weighted by atomic mass is 16.5. The largest absolute Gasteiger partial charge is 0.455 e. The molecule has 11 aromatic rings. The summed E-state index contributed by atoms with van der Waals surface area (Å²) < 4.78 is 7.54. The van der Waals surface area contributed by atoms with Crippen LogP contribution in [0.1, 0.15) is 22.3 Å². The van der Waals surface area contributed by atoms with Crippen molar-refractivity contribution >= 4 is 53.9 Å². The molecule has 0 spiro atoms. The second kappa shape index (κ2) is 13.8. The number of hydrogen-bond acceptors (Lipinski definition) is 1. The number of hydrogen-bond donors (Lipinski definition) is 0. The highest BCUT2D eigenvalue weighted by molar-refractivity contribution is 6.17. The SMILES string of the molecule is c1ccc(-c2ccc(CC3(Cc4ccc(-c5ccc6ccccc6c5)cc4)c4c(c5ccccc5c5ccccc45)Oc4c3c3ccccc3c3ccccc43)cc2)cc1. The predicted molar refractivity (Wildman–Crippen MR) is 252 cm³/mol. The summed E-state index contributed by atoms with van der Waals surface area (Å²) in [6.07, 6.45) is 1.56. The molecule has 1 aliphatic heterocycles. The first-order valence-corrected chi connectivity index (χ1v) is 21.0. The van der Waals surface area contributed by atoms with Crippen molar-refractivity contribution in [2.45, 2.75) is 18.3 Å². The van der Waals surface area contributed by atoms with Gasteiger partial charge in [0.15, 0.2) is 0 Å². The minimum absolute atomic E-state index is 0.533. The lowest BCUT2D eigenvalue weighted by atomic mass is 9.62. The van der Waals surface area contributed by atoms with Crippen molar-refractivity contribution in [2.24, 2.45) is 0 Å². The molecular formula is C59H40O. The molecule has 0 N–H and O–H groups in total. The summed E-state index contributed by atoms with van der Waals surface area (Å²) in [5, 5.41) is 12.2. The van der Waals surface area contributed by atoms with Gasteiger partial charge in [-0.15, -0.1) is 0 Å². The molecule has 0 radical (unpaired) electrons. The van der Waals surface area contributed by atoms with Gasteiger partial charge in [-0.05, 0) is 95.4 Å². The fraction of sp³-hybridized carbons (Fsp3) is 0.0508. The van der Waals surface area contributed by atoms with Gasteiger partial charge in [-0.3, -0.25) is 0 Å². The Kier molecular flexibility index (Phi) is 7.96. The minimum atomic E-state index is -0.533. The highest BCUT2D eigenvalue weighted by Gasteiger charge is 2.46. The zero-order chi connectivity index (χ0) is 39.6. The van der Waals surface area contributed by atoms with Gasteiger partial charge in [-0.25, -0.2) is 0 Å². The standard InChI is InChI=1S/C59H40O/c1-2-14-41(15-3-1)43-30-26-39(27-31-43)37-59(38-40-28-32-44(33-29-40)46-35-34-42-16-4-5-17-45(42)36-46)55-51-22-10-6-18-47(51)49-20-8-12-24-53(49)57(55)60-58-54-25-13-9-21-50(54)48-19-7-11-23-52(48)56(58)59/h1-36H,37-38H2.